The normalized spacial score (nSPS) is 12.3. The van der Waals surface area contributed by atoms with Gasteiger partial charge in [-0.1, -0.05) is 32.4 Å². The van der Waals surface area contributed by atoms with E-state index in [1.807, 2.05) is 12.1 Å². The fourth-order valence-electron chi connectivity index (χ4n) is 1.49. The lowest BCUT2D eigenvalue weighted by Crippen LogP contribution is -2.11. The van der Waals surface area contributed by atoms with Gasteiger partial charge in [-0.25, -0.2) is 0 Å². The Morgan fingerprint density at radius 2 is 1.93 bits per heavy atom. The Morgan fingerprint density at radius 3 is 2.57 bits per heavy atom. The second-order valence-electron chi connectivity index (χ2n) is 4.39. The molecule has 0 fully saturated rings. The Hall–Kier alpha value is -1.09. The van der Waals surface area contributed by atoms with Gasteiger partial charge in [-0.3, -0.25) is 0 Å². The molecule has 0 unspecified atom stereocenters. The summed E-state index contributed by atoms with van der Waals surface area (Å²) in [4.78, 5) is 0. The molecule has 1 N–H and O–H groups in total. The maximum atomic E-state index is 6.01. The molecule has 0 bridgehead atoms. The summed E-state index contributed by atoms with van der Waals surface area (Å²) in [5, 5.41) is 11.5. The lowest BCUT2D eigenvalue weighted by molar-refractivity contribution is 0.594. The summed E-state index contributed by atoms with van der Waals surface area (Å²) in [6.07, 6.45) is 0. The molecule has 0 saturated carbocycles. The summed E-state index contributed by atoms with van der Waals surface area (Å²) in [5.74, 6) is 0. The molecule has 0 aliphatic heterocycles. The lowest BCUT2D eigenvalue weighted by Gasteiger charge is -2.19. The molecular weight excluding hydrogens is 198 g/mol. The molecule has 4 heteroatoms. The first-order valence-electron chi connectivity index (χ1n) is 4.49. The van der Waals surface area contributed by atoms with E-state index in [4.69, 9.17) is 11.6 Å². The number of aromatic amines is 1. The maximum Gasteiger partial charge on any atom is 0.116 e. The van der Waals surface area contributed by atoms with Crippen LogP contribution in [0.3, 0.4) is 0 Å². The van der Waals surface area contributed by atoms with Gasteiger partial charge in [-0.2, -0.15) is 15.4 Å². The average Bonchev–Trinajstić information content (AvgIpc) is 2.47. The van der Waals surface area contributed by atoms with Crippen LogP contribution in [0.15, 0.2) is 12.1 Å². The molecule has 1 heterocycles. The highest BCUT2D eigenvalue weighted by atomic mass is 35.5. The van der Waals surface area contributed by atoms with Crippen LogP contribution in [0, 0.1) is 0 Å². The standard InChI is InChI=1S/C10H12ClN3/c1-10(2,3)7-4-6(11)5-8-9(7)13-14-12-8/h4-5H,1-3H3,(H,12,13,14). The van der Waals surface area contributed by atoms with E-state index >= 15 is 0 Å². The zero-order valence-corrected chi connectivity index (χ0v) is 9.18. The molecule has 1 aromatic carbocycles. The van der Waals surface area contributed by atoms with Crippen molar-refractivity contribution in [1.82, 2.24) is 15.4 Å². The summed E-state index contributed by atoms with van der Waals surface area (Å²) >= 11 is 6.01. The molecule has 0 aliphatic rings. The van der Waals surface area contributed by atoms with Crippen molar-refractivity contribution in [2.24, 2.45) is 0 Å². The second-order valence-corrected chi connectivity index (χ2v) is 4.83. The molecule has 14 heavy (non-hydrogen) atoms. The van der Waals surface area contributed by atoms with Gasteiger partial charge in [0.1, 0.15) is 11.0 Å². The summed E-state index contributed by atoms with van der Waals surface area (Å²) in [6.45, 7) is 6.40. The fraction of sp³-hybridized carbons (Fsp3) is 0.400. The van der Waals surface area contributed by atoms with Crippen LogP contribution in [0.2, 0.25) is 5.02 Å². The predicted octanol–water partition coefficient (Wildman–Crippen LogP) is 2.91. The molecule has 0 spiro atoms. The molecule has 1 aromatic heterocycles. The van der Waals surface area contributed by atoms with Gasteiger partial charge in [0.25, 0.3) is 0 Å². The Balaban J connectivity index is 2.80. The van der Waals surface area contributed by atoms with E-state index in [1.165, 1.54) is 0 Å². The van der Waals surface area contributed by atoms with Crippen LogP contribution in [0.1, 0.15) is 26.3 Å². The first kappa shape index (κ1) is 9.46. The molecule has 0 amide bonds. The van der Waals surface area contributed by atoms with Crippen molar-refractivity contribution < 1.29 is 0 Å². The van der Waals surface area contributed by atoms with E-state index in [1.54, 1.807) is 0 Å². The second kappa shape index (κ2) is 2.95. The van der Waals surface area contributed by atoms with Crippen LogP contribution in [0.25, 0.3) is 11.0 Å². The molecule has 74 valence electrons. The smallest absolute Gasteiger partial charge is 0.116 e. The van der Waals surface area contributed by atoms with Gasteiger partial charge >= 0.3 is 0 Å². The van der Waals surface area contributed by atoms with E-state index in [9.17, 15) is 0 Å². The number of halogens is 1. The first-order chi connectivity index (χ1) is 6.48. The van der Waals surface area contributed by atoms with Crippen LogP contribution >= 0.6 is 11.6 Å². The zero-order valence-electron chi connectivity index (χ0n) is 8.43. The molecule has 2 aromatic rings. The molecule has 3 nitrogen and oxygen atoms in total. The number of hydrogen-bond donors (Lipinski definition) is 1. The molecule has 0 aliphatic carbocycles. The van der Waals surface area contributed by atoms with Crippen molar-refractivity contribution >= 4 is 22.6 Å². The molecular formula is C10H12ClN3. The number of benzene rings is 1. The predicted molar refractivity (Wildman–Crippen MR) is 57.6 cm³/mol. The van der Waals surface area contributed by atoms with Crippen LogP contribution in [-0.2, 0) is 5.41 Å². The number of nitrogens with zero attached hydrogens (tertiary/aromatic N) is 2. The van der Waals surface area contributed by atoms with Crippen LogP contribution in [0.4, 0.5) is 0 Å². The maximum absolute atomic E-state index is 6.01. The largest absolute Gasteiger partial charge is 0.197 e. The van der Waals surface area contributed by atoms with Gasteiger partial charge < -0.3 is 0 Å². The number of nitrogens with one attached hydrogen (secondary N) is 1. The monoisotopic (exact) mass is 209 g/mol. The van der Waals surface area contributed by atoms with Crippen molar-refractivity contribution in [3.63, 3.8) is 0 Å². The summed E-state index contributed by atoms with van der Waals surface area (Å²) in [6, 6.07) is 3.77. The van der Waals surface area contributed by atoms with E-state index in [0.29, 0.717) is 5.02 Å². The molecule has 2 rings (SSSR count). The van der Waals surface area contributed by atoms with Gasteiger partial charge in [0.15, 0.2) is 0 Å². The number of fused-ring (bicyclic) bond motifs is 1. The SMILES string of the molecule is CC(C)(C)c1cc(Cl)cc2n[nH]nc12. The number of hydrogen-bond acceptors (Lipinski definition) is 2. The van der Waals surface area contributed by atoms with Gasteiger partial charge in [0.05, 0.1) is 0 Å². The molecule has 0 saturated heterocycles. The minimum absolute atomic E-state index is 0.0278. The Bertz CT molecular complexity index is 468. The lowest BCUT2D eigenvalue weighted by atomic mass is 9.86. The topological polar surface area (TPSA) is 41.6 Å². The highest BCUT2D eigenvalue weighted by Crippen LogP contribution is 2.30. The van der Waals surface area contributed by atoms with Gasteiger partial charge in [0, 0.05) is 5.02 Å². The number of aromatic nitrogens is 3. The quantitative estimate of drug-likeness (QED) is 0.725. The summed E-state index contributed by atoms with van der Waals surface area (Å²) < 4.78 is 0. The van der Waals surface area contributed by atoms with Crippen LogP contribution < -0.4 is 0 Å². The van der Waals surface area contributed by atoms with Gasteiger partial charge in [-0.15, -0.1) is 0 Å². The van der Waals surface area contributed by atoms with Crippen molar-refractivity contribution in [1.29, 1.82) is 0 Å². The van der Waals surface area contributed by atoms with Gasteiger partial charge in [-0.05, 0) is 23.1 Å². The van der Waals surface area contributed by atoms with Crippen LogP contribution in [0.5, 0.6) is 0 Å². The third-order valence-electron chi connectivity index (χ3n) is 2.19. The molecule has 0 atom stereocenters. The summed E-state index contributed by atoms with van der Waals surface area (Å²) in [7, 11) is 0. The van der Waals surface area contributed by atoms with E-state index in [2.05, 4.69) is 36.2 Å². The van der Waals surface area contributed by atoms with Crippen molar-refractivity contribution in [2.75, 3.05) is 0 Å². The van der Waals surface area contributed by atoms with Crippen molar-refractivity contribution in [3.8, 4) is 0 Å². The fourth-order valence-corrected chi connectivity index (χ4v) is 1.70. The Kier molecular flexibility index (Phi) is 2.00. The third-order valence-corrected chi connectivity index (χ3v) is 2.41. The highest BCUT2D eigenvalue weighted by molar-refractivity contribution is 6.31. The van der Waals surface area contributed by atoms with Gasteiger partial charge in [0.2, 0.25) is 0 Å². The van der Waals surface area contributed by atoms with Crippen molar-refractivity contribution in [2.45, 2.75) is 26.2 Å². The Labute approximate surface area is 87.5 Å². The van der Waals surface area contributed by atoms with E-state index in [0.717, 1.165) is 16.6 Å². The van der Waals surface area contributed by atoms with Crippen LogP contribution in [-0.4, -0.2) is 15.4 Å². The number of rotatable bonds is 0. The Morgan fingerprint density at radius 1 is 1.21 bits per heavy atom. The first-order valence-corrected chi connectivity index (χ1v) is 4.87. The van der Waals surface area contributed by atoms with E-state index < -0.39 is 0 Å². The third kappa shape index (κ3) is 1.48. The van der Waals surface area contributed by atoms with E-state index in [-0.39, 0.29) is 5.41 Å². The average molecular weight is 210 g/mol. The minimum Gasteiger partial charge on any atom is -0.197 e. The van der Waals surface area contributed by atoms with Crippen molar-refractivity contribution in [3.05, 3.63) is 22.7 Å². The highest BCUT2D eigenvalue weighted by Gasteiger charge is 2.19. The number of H-pyrrole nitrogens is 1. The zero-order chi connectivity index (χ0) is 10.3. The minimum atomic E-state index is 0.0278. The molecule has 0 radical (unpaired) electrons. The summed E-state index contributed by atoms with van der Waals surface area (Å²) in [5.41, 5.74) is 2.87.